The first-order valence-corrected chi connectivity index (χ1v) is 10.8. The summed E-state index contributed by atoms with van der Waals surface area (Å²) in [6.07, 6.45) is 1.68. The van der Waals surface area contributed by atoms with Crippen LogP contribution in [0.1, 0.15) is 11.1 Å². The summed E-state index contributed by atoms with van der Waals surface area (Å²) in [5.41, 5.74) is 1.55. The zero-order valence-corrected chi connectivity index (χ0v) is 17.8. The van der Waals surface area contributed by atoms with Crippen molar-refractivity contribution in [2.24, 2.45) is 0 Å². The van der Waals surface area contributed by atoms with E-state index in [1.807, 2.05) is 25.1 Å². The number of hydrogen-bond acceptors (Lipinski definition) is 8. The summed E-state index contributed by atoms with van der Waals surface area (Å²) in [6, 6.07) is 12.4. The van der Waals surface area contributed by atoms with Gasteiger partial charge in [-0.05, 0) is 49.2 Å². The van der Waals surface area contributed by atoms with E-state index in [2.05, 4.69) is 30.5 Å². The van der Waals surface area contributed by atoms with E-state index in [-0.39, 0.29) is 11.4 Å². The molecule has 30 heavy (non-hydrogen) atoms. The van der Waals surface area contributed by atoms with Crippen LogP contribution in [0.25, 0.3) is 0 Å². The number of rotatable bonds is 9. The van der Waals surface area contributed by atoms with E-state index in [1.165, 1.54) is 7.11 Å². The molecule has 9 nitrogen and oxygen atoms in total. The molecule has 2 aromatic heterocycles. The molecule has 0 aliphatic heterocycles. The van der Waals surface area contributed by atoms with Gasteiger partial charge in [0.05, 0.1) is 12.0 Å². The van der Waals surface area contributed by atoms with E-state index in [0.29, 0.717) is 35.3 Å². The number of aromatic nitrogens is 3. The summed E-state index contributed by atoms with van der Waals surface area (Å²) in [4.78, 5) is 4.36. The Hall–Kier alpha value is -3.24. The van der Waals surface area contributed by atoms with Crippen molar-refractivity contribution in [3.05, 3.63) is 59.8 Å². The Morgan fingerprint density at radius 2 is 1.70 bits per heavy atom. The van der Waals surface area contributed by atoms with Crippen LogP contribution < -0.4 is 20.1 Å². The first-order valence-electron chi connectivity index (χ1n) is 9.29. The molecule has 0 radical (unpaired) electrons. The highest BCUT2D eigenvalue weighted by Gasteiger charge is 2.18. The van der Waals surface area contributed by atoms with Crippen LogP contribution in [0.4, 0.5) is 17.5 Å². The number of anilines is 3. The maximum atomic E-state index is 12.6. The summed E-state index contributed by atoms with van der Waals surface area (Å²) in [5.74, 6) is 2.30. The molecule has 1 aromatic carbocycles. The predicted octanol–water partition coefficient (Wildman–Crippen LogP) is 2.63. The Bertz CT molecular complexity index is 1090. The van der Waals surface area contributed by atoms with Gasteiger partial charge in [0.25, 0.3) is 0 Å². The second-order valence-corrected chi connectivity index (χ2v) is 8.29. The van der Waals surface area contributed by atoms with Gasteiger partial charge in [0.2, 0.25) is 10.0 Å². The Morgan fingerprint density at radius 3 is 2.37 bits per heavy atom. The second-order valence-electron chi connectivity index (χ2n) is 6.56. The lowest BCUT2D eigenvalue weighted by Crippen LogP contribution is -2.29. The standard InChI is InChI=1S/C20H24N6O3S/c1-14-12-15(2)17(13-16(14)29-3)30(27,28)23-11-10-22-19-7-8-20(26-25-19)24-18-6-4-5-9-21-18/h4-9,12-13,23H,10-11H2,1-3H3,(H,22,25)(H,21,24,26). The minimum atomic E-state index is -3.66. The zero-order chi connectivity index (χ0) is 21.6. The summed E-state index contributed by atoms with van der Waals surface area (Å²) in [6.45, 7) is 4.17. The number of nitrogens with one attached hydrogen (secondary N) is 3. The molecule has 0 saturated carbocycles. The van der Waals surface area contributed by atoms with Crippen LogP contribution in [0.2, 0.25) is 0 Å². The van der Waals surface area contributed by atoms with Crippen molar-refractivity contribution < 1.29 is 13.2 Å². The second kappa shape index (κ2) is 9.51. The topological polar surface area (TPSA) is 118 Å². The van der Waals surface area contributed by atoms with E-state index in [0.717, 1.165) is 5.56 Å². The lowest BCUT2D eigenvalue weighted by molar-refractivity contribution is 0.410. The van der Waals surface area contributed by atoms with Gasteiger partial charge in [0.15, 0.2) is 5.82 Å². The van der Waals surface area contributed by atoms with E-state index < -0.39 is 10.0 Å². The van der Waals surface area contributed by atoms with E-state index in [9.17, 15) is 8.42 Å². The molecule has 0 bridgehead atoms. The highest BCUT2D eigenvalue weighted by Crippen LogP contribution is 2.25. The van der Waals surface area contributed by atoms with Crippen molar-refractivity contribution in [2.75, 3.05) is 30.8 Å². The van der Waals surface area contributed by atoms with E-state index >= 15 is 0 Å². The monoisotopic (exact) mass is 428 g/mol. The largest absolute Gasteiger partial charge is 0.496 e. The molecule has 3 aromatic rings. The summed E-state index contributed by atoms with van der Waals surface area (Å²) < 4.78 is 33.1. The predicted molar refractivity (Wildman–Crippen MR) is 116 cm³/mol. The lowest BCUT2D eigenvalue weighted by atomic mass is 10.1. The molecular formula is C20H24N6O3S. The fourth-order valence-electron chi connectivity index (χ4n) is 2.84. The summed E-state index contributed by atoms with van der Waals surface area (Å²) in [7, 11) is -2.14. The molecule has 3 N–H and O–H groups in total. The zero-order valence-electron chi connectivity index (χ0n) is 17.0. The molecule has 0 amide bonds. The Kier molecular flexibility index (Phi) is 6.80. The third-order valence-electron chi connectivity index (χ3n) is 4.29. The SMILES string of the molecule is COc1cc(S(=O)(=O)NCCNc2ccc(Nc3ccccn3)nn2)c(C)cc1C. The third kappa shape index (κ3) is 5.43. The molecule has 0 aliphatic rings. The van der Waals surface area contributed by atoms with Crippen molar-refractivity contribution in [3.63, 3.8) is 0 Å². The Labute approximate surface area is 176 Å². The minimum absolute atomic E-state index is 0.188. The van der Waals surface area contributed by atoms with E-state index in [1.54, 1.807) is 37.4 Å². The first-order chi connectivity index (χ1) is 14.4. The van der Waals surface area contributed by atoms with Gasteiger partial charge in [-0.3, -0.25) is 0 Å². The average molecular weight is 429 g/mol. The molecule has 0 unspecified atom stereocenters. The van der Waals surface area contributed by atoms with Crippen molar-refractivity contribution >= 4 is 27.5 Å². The molecule has 2 heterocycles. The van der Waals surface area contributed by atoms with Gasteiger partial charge in [0, 0.05) is 25.4 Å². The minimum Gasteiger partial charge on any atom is -0.496 e. The fraction of sp³-hybridized carbons (Fsp3) is 0.250. The van der Waals surface area contributed by atoms with Crippen molar-refractivity contribution in [1.29, 1.82) is 0 Å². The number of methoxy groups -OCH3 is 1. The number of benzene rings is 1. The molecule has 158 valence electrons. The molecule has 3 rings (SSSR count). The highest BCUT2D eigenvalue weighted by molar-refractivity contribution is 7.89. The average Bonchev–Trinajstić information content (AvgIpc) is 2.73. The van der Waals surface area contributed by atoms with Crippen molar-refractivity contribution in [3.8, 4) is 5.75 Å². The number of hydrogen-bond donors (Lipinski definition) is 3. The first kappa shape index (κ1) is 21.5. The van der Waals surface area contributed by atoms with Gasteiger partial charge in [-0.25, -0.2) is 18.1 Å². The van der Waals surface area contributed by atoms with Crippen molar-refractivity contribution in [2.45, 2.75) is 18.7 Å². The maximum Gasteiger partial charge on any atom is 0.241 e. The Balaban J connectivity index is 1.53. The lowest BCUT2D eigenvalue weighted by Gasteiger charge is -2.13. The summed E-state index contributed by atoms with van der Waals surface area (Å²) >= 11 is 0. The maximum absolute atomic E-state index is 12.6. The smallest absolute Gasteiger partial charge is 0.241 e. The van der Waals surface area contributed by atoms with E-state index in [4.69, 9.17) is 4.74 Å². The van der Waals surface area contributed by atoms with Gasteiger partial charge >= 0.3 is 0 Å². The number of nitrogens with zero attached hydrogens (tertiary/aromatic N) is 3. The van der Waals surface area contributed by atoms with Gasteiger partial charge < -0.3 is 15.4 Å². The van der Waals surface area contributed by atoms with Crippen LogP contribution in [0, 0.1) is 13.8 Å². The number of aryl methyl sites for hydroxylation is 2. The van der Waals surface area contributed by atoms with Crippen LogP contribution >= 0.6 is 0 Å². The highest BCUT2D eigenvalue weighted by atomic mass is 32.2. The van der Waals surface area contributed by atoms with Crippen LogP contribution in [-0.2, 0) is 10.0 Å². The van der Waals surface area contributed by atoms with Crippen molar-refractivity contribution in [1.82, 2.24) is 19.9 Å². The Morgan fingerprint density at radius 1 is 0.933 bits per heavy atom. The van der Waals surface area contributed by atoms with Gasteiger partial charge in [0.1, 0.15) is 17.4 Å². The van der Waals surface area contributed by atoms with Gasteiger partial charge in [-0.1, -0.05) is 12.1 Å². The number of pyridine rings is 1. The molecule has 0 saturated heterocycles. The quantitative estimate of drug-likeness (QED) is 0.445. The molecule has 0 atom stereocenters. The normalized spacial score (nSPS) is 11.2. The van der Waals surface area contributed by atoms with Gasteiger partial charge in [-0.2, -0.15) is 0 Å². The fourth-order valence-corrected chi connectivity index (χ4v) is 4.11. The molecule has 10 heteroatoms. The molecule has 0 fully saturated rings. The van der Waals surface area contributed by atoms with Gasteiger partial charge in [-0.15, -0.1) is 10.2 Å². The van der Waals surface area contributed by atoms with Crippen LogP contribution in [0.15, 0.2) is 53.6 Å². The summed E-state index contributed by atoms with van der Waals surface area (Å²) in [5, 5.41) is 14.2. The van der Waals surface area contributed by atoms with Crippen LogP contribution in [0.5, 0.6) is 5.75 Å². The molecule has 0 aliphatic carbocycles. The van der Waals surface area contributed by atoms with Crippen LogP contribution in [-0.4, -0.2) is 43.8 Å². The number of ether oxygens (including phenoxy) is 1. The third-order valence-corrected chi connectivity index (χ3v) is 5.89. The number of sulfonamides is 1. The van der Waals surface area contributed by atoms with Crippen LogP contribution in [0.3, 0.4) is 0 Å². The molecular weight excluding hydrogens is 404 g/mol. The molecule has 0 spiro atoms.